The lowest BCUT2D eigenvalue weighted by molar-refractivity contribution is -0.671. The highest BCUT2D eigenvalue weighted by molar-refractivity contribution is 6.22. The zero-order chi connectivity index (χ0) is 22.5. The number of carbonyl (C=O) groups is 1. The van der Waals surface area contributed by atoms with Crippen molar-refractivity contribution in [2.45, 2.75) is 19.9 Å². The van der Waals surface area contributed by atoms with Gasteiger partial charge in [0.2, 0.25) is 6.33 Å². The zero-order valence-electron chi connectivity index (χ0n) is 18.3. The number of hydrogen-bond acceptors (Lipinski definition) is 6. The minimum absolute atomic E-state index is 0.0372. The summed E-state index contributed by atoms with van der Waals surface area (Å²) in [7, 11) is 2.00. The van der Waals surface area contributed by atoms with E-state index in [9.17, 15) is 9.90 Å². The third kappa shape index (κ3) is 4.78. The summed E-state index contributed by atoms with van der Waals surface area (Å²) in [6.45, 7) is 3.70. The standard InChI is InChI=1S/C23H27N7O2/c1-17-14-19(18(15-21(17)32)24-8-13-31)26-22-20-6-3-4-10-30(20)27-23(22)25-7-5-9-29-12-11-28(2)16-29/h3-4,6,10-12,14-16,31H,5,7-9,13H2,1-2H3,(H-,24,25,27,32)/p+1. The first-order chi connectivity index (χ1) is 15.5. The number of ketones is 1. The van der Waals surface area contributed by atoms with Crippen LogP contribution in [0.15, 0.2) is 71.5 Å². The molecule has 1 aliphatic rings. The Morgan fingerprint density at radius 2 is 2.06 bits per heavy atom. The lowest BCUT2D eigenvalue weighted by Crippen LogP contribution is -2.26. The van der Waals surface area contributed by atoms with Crippen LogP contribution in [0.3, 0.4) is 0 Å². The summed E-state index contributed by atoms with van der Waals surface area (Å²) >= 11 is 0. The quantitative estimate of drug-likeness (QED) is 0.269. The monoisotopic (exact) mass is 434 g/mol. The molecule has 9 heteroatoms. The van der Waals surface area contributed by atoms with Gasteiger partial charge < -0.3 is 15.7 Å². The molecule has 0 atom stereocenters. The fraction of sp³-hybridized carbons (Fsp3) is 0.304. The van der Waals surface area contributed by atoms with Crippen LogP contribution in [0, 0.1) is 0 Å². The van der Waals surface area contributed by atoms with Crippen LogP contribution < -0.4 is 15.2 Å². The molecule has 3 heterocycles. The minimum atomic E-state index is -0.0685. The van der Waals surface area contributed by atoms with Gasteiger partial charge in [0.15, 0.2) is 11.6 Å². The maximum Gasteiger partial charge on any atom is 0.243 e. The van der Waals surface area contributed by atoms with E-state index in [1.807, 2.05) is 42.2 Å². The van der Waals surface area contributed by atoms with Crippen molar-refractivity contribution in [3.63, 3.8) is 0 Å². The number of aryl methyl sites for hydroxylation is 2. The molecule has 0 saturated carbocycles. The van der Waals surface area contributed by atoms with Crippen LogP contribution in [0.25, 0.3) is 5.52 Å². The van der Waals surface area contributed by atoms with Crippen LogP contribution in [0.5, 0.6) is 0 Å². The number of hydrogen-bond donors (Lipinski definition) is 3. The SMILES string of the molecule is CC1=CC(=Nc2c(NCCCn3cc[n+](C)c3)nn3ccccc23)C(NCCO)=CC1=O. The number of fused-ring (bicyclic) bond motifs is 1. The first-order valence-electron chi connectivity index (χ1n) is 10.7. The number of aromatic nitrogens is 4. The highest BCUT2D eigenvalue weighted by atomic mass is 16.3. The van der Waals surface area contributed by atoms with Gasteiger partial charge in [0.1, 0.15) is 18.1 Å². The van der Waals surface area contributed by atoms with E-state index in [0.717, 1.165) is 25.0 Å². The second-order valence-corrected chi connectivity index (χ2v) is 7.72. The molecule has 32 heavy (non-hydrogen) atoms. The Bertz CT molecular complexity index is 1220. The van der Waals surface area contributed by atoms with Gasteiger partial charge in [-0.3, -0.25) is 4.79 Å². The molecular formula is C23H28N7O2+. The number of nitrogens with one attached hydrogen (secondary N) is 2. The van der Waals surface area contributed by atoms with Crippen LogP contribution in [-0.2, 0) is 18.4 Å². The number of pyridine rings is 1. The molecular weight excluding hydrogens is 406 g/mol. The fourth-order valence-corrected chi connectivity index (χ4v) is 3.54. The van der Waals surface area contributed by atoms with Crippen molar-refractivity contribution in [3.8, 4) is 0 Å². The molecule has 166 valence electrons. The van der Waals surface area contributed by atoms with Crippen molar-refractivity contribution < 1.29 is 14.5 Å². The number of anilines is 1. The fourth-order valence-electron chi connectivity index (χ4n) is 3.54. The summed E-state index contributed by atoms with van der Waals surface area (Å²) in [6, 6.07) is 5.83. The molecule has 4 rings (SSSR count). The van der Waals surface area contributed by atoms with E-state index >= 15 is 0 Å². The highest BCUT2D eigenvalue weighted by Crippen LogP contribution is 2.31. The second kappa shape index (κ2) is 9.61. The molecule has 3 N–H and O–H groups in total. The molecule has 0 amide bonds. The van der Waals surface area contributed by atoms with E-state index < -0.39 is 0 Å². The van der Waals surface area contributed by atoms with Gasteiger partial charge in [0.25, 0.3) is 0 Å². The second-order valence-electron chi connectivity index (χ2n) is 7.72. The Morgan fingerprint density at radius 1 is 1.19 bits per heavy atom. The third-order valence-electron chi connectivity index (χ3n) is 5.18. The van der Waals surface area contributed by atoms with Crippen molar-refractivity contribution in [1.82, 2.24) is 19.5 Å². The minimum Gasteiger partial charge on any atom is -0.395 e. The van der Waals surface area contributed by atoms with E-state index in [4.69, 9.17) is 4.99 Å². The van der Waals surface area contributed by atoms with Crippen LogP contribution in [-0.4, -0.2) is 50.5 Å². The van der Waals surface area contributed by atoms with Gasteiger partial charge >= 0.3 is 0 Å². The molecule has 3 aromatic heterocycles. The van der Waals surface area contributed by atoms with Gasteiger partial charge in [-0.25, -0.2) is 18.6 Å². The summed E-state index contributed by atoms with van der Waals surface area (Å²) in [6.07, 6.45) is 12.2. The average Bonchev–Trinajstić information content (AvgIpc) is 3.36. The predicted molar refractivity (Wildman–Crippen MR) is 123 cm³/mol. The normalized spacial score (nSPS) is 15.2. The predicted octanol–water partition coefficient (Wildman–Crippen LogP) is 1.53. The first kappa shape index (κ1) is 21.5. The molecule has 9 nitrogen and oxygen atoms in total. The number of allylic oxidation sites excluding steroid dienone is 3. The maximum absolute atomic E-state index is 12.2. The molecule has 0 spiro atoms. The largest absolute Gasteiger partial charge is 0.395 e. The number of aliphatic hydroxyl groups is 1. The van der Waals surface area contributed by atoms with Gasteiger partial charge in [-0.1, -0.05) is 6.07 Å². The van der Waals surface area contributed by atoms with Crippen molar-refractivity contribution in [3.05, 3.63) is 66.5 Å². The Morgan fingerprint density at radius 3 is 2.84 bits per heavy atom. The molecule has 0 radical (unpaired) electrons. The van der Waals surface area contributed by atoms with E-state index in [1.165, 1.54) is 6.08 Å². The van der Waals surface area contributed by atoms with E-state index in [-0.39, 0.29) is 12.4 Å². The highest BCUT2D eigenvalue weighted by Gasteiger charge is 2.19. The van der Waals surface area contributed by atoms with Crippen LogP contribution in [0.1, 0.15) is 13.3 Å². The number of aliphatic hydroxyl groups excluding tert-OH is 1. The topological polar surface area (TPSA) is 99.8 Å². The summed E-state index contributed by atoms with van der Waals surface area (Å²) in [4.78, 5) is 17.0. The molecule has 0 aromatic carbocycles. The summed E-state index contributed by atoms with van der Waals surface area (Å²) in [5, 5.41) is 20.4. The Labute approximate surface area is 186 Å². The Kier molecular flexibility index (Phi) is 6.46. The number of imidazole rings is 1. The zero-order valence-corrected chi connectivity index (χ0v) is 18.3. The third-order valence-corrected chi connectivity index (χ3v) is 5.18. The lowest BCUT2D eigenvalue weighted by Gasteiger charge is -2.15. The van der Waals surface area contributed by atoms with Crippen molar-refractivity contribution in [2.75, 3.05) is 25.0 Å². The van der Waals surface area contributed by atoms with Crippen LogP contribution in [0.2, 0.25) is 0 Å². The Hall–Kier alpha value is -3.72. The van der Waals surface area contributed by atoms with E-state index in [0.29, 0.717) is 35.0 Å². The van der Waals surface area contributed by atoms with Crippen molar-refractivity contribution in [1.29, 1.82) is 0 Å². The summed E-state index contributed by atoms with van der Waals surface area (Å²) in [5.74, 6) is 0.618. The first-order valence-corrected chi connectivity index (χ1v) is 10.7. The molecule has 0 unspecified atom stereocenters. The van der Waals surface area contributed by atoms with E-state index in [1.54, 1.807) is 17.5 Å². The van der Waals surface area contributed by atoms with E-state index in [2.05, 4.69) is 32.8 Å². The Balaban J connectivity index is 1.60. The van der Waals surface area contributed by atoms with Crippen molar-refractivity contribution in [2.24, 2.45) is 12.0 Å². The lowest BCUT2D eigenvalue weighted by atomic mass is 10.0. The molecule has 0 bridgehead atoms. The number of rotatable bonds is 9. The smallest absolute Gasteiger partial charge is 0.243 e. The summed E-state index contributed by atoms with van der Waals surface area (Å²) in [5.41, 5.74) is 3.42. The average molecular weight is 435 g/mol. The molecule has 0 fully saturated rings. The van der Waals surface area contributed by atoms with Gasteiger partial charge in [-0.15, -0.1) is 5.10 Å². The van der Waals surface area contributed by atoms with Crippen LogP contribution in [0.4, 0.5) is 11.5 Å². The molecule has 1 aliphatic carbocycles. The number of nitrogens with zero attached hydrogens (tertiary/aromatic N) is 5. The van der Waals surface area contributed by atoms with Gasteiger partial charge in [0.05, 0.1) is 37.1 Å². The van der Waals surface area contributed by atoms with Gasteiger partial charge in [0, 0.05) is 31.8 Å². The molecule has 0 aliphatic heterocycles. The van der Waals surface area contributed by atoms with Gasteiger partial charge in [-0.05, 0) is 30.7 Å². The van der Waals surface area contributed by atoms with Crippen molar-refractivity contribution >= 4 is 28.5 Å². The maximum atomic E-state index is 12.2. The number of aliphatic imine (C=N–C) groups is 1. The molecule has 0 saturated heterocycles. The van der Waals surface area contributed by atoms with Gasteiger partial charge in [-0.2, -0.15) is 0 Å². The summed E-state index contributed by atoms with van der Waals surface area (Å²) < 4.78 is 5.95. The molecule has 3 aromatic rings. The van der Waals surface area contributed by atoms with Crippen LogP contribution >= 0.6 is 0 Å². The number of carbonyl (C=O) groups excluding carboxylic acids is 1.